The van der Waals surface area contributed by atoms with Crippen LogP contribution in [0.4, 0.5) is 17.5 Å². The molecular weight excluding hydrogens is 510 g/mol. The summed E-state index contributed by atoms with van der Waals surface area (Å²) in [5.41, 5.74) is 6.79. The van der Waals surface area contributed by atoms with E-state index in [-0.39, 0.29) is 23.7 Å². The van der Waals surface area contributed by atoms with Gasteiger partial charge in [-0.3, -0.25) is 19.4 Å². The fourth-order valence-corrected chi connectivity index (χ4v) is 5.30. The standard InChI is InChI=1S/C27H41N11O2/c1-18-22(13-19(14-29-18)25(39)28-8-10-37-9-6-7-27(37,2)3)33-23-21-16-30-26(34-24(21)36(4)35-23)32-20-15-31-38(17-20)11-12-40-5/h13-18,23,29,33,35H,6-12H2,1-5H3,(H,28,39)(H,30,32,34). The number of hydrazine groups is 1. The molecule has 1 fully saturated rings. The molecule has 1 saturated heterocycles. The zero-order valence-corrected chi connectivity index (χ0v) is 24.0. The van der Waals surface area contributed by atoms with E-state index < -0.39 is 0 Å². The minimum Gasteiger partial charge on any atom is -0.383 e. The molecule has 3 aliphatic heterocycles. The number of methoxy groups -OCH3 is 1. The van der Waals surface area contributed by atoms with Gasteiger partial charge in [0.15, 0.2) is 5.82 Å². The Morgan fingerprint density at radius 3 is 2.90 bits per heavy atom. The van der Waals surface area contributed by atoms with E-state index in [2.05, 4.69) is 62.4 Å². The topological polar surface area (TPSA) is 137 Å². The van der Waals surface area contributed by atoms with Crippen LogP contribution < -0.4 is 31.7 Å². The number of amides is 1. The van der Waals surface area contributed by atoms with E-state index in [1.165, 1.54) is 12.8 Å². The molecule has 1 amide bonds. The van der Waals surface area contributed by atoms with Gasteiger partial charge in [0.05, 0.1) is 42.2 Å². The van der Waals surface area contributed by atoms with Crippen molar-refractivity contribution in [3.05, 3.63) is 47.7 Å². The normalized spacial score (nSPS) is 21.9. The highest BCUT2D eigenvalue weighted by atomic mass is 16.5. The summed E-state index contributed by atoms with van der Waals surface area (Å²) in [5.74, 6) is 1.15. The van der Waals surface area contributed by atoms with Gasteiger partial charge in [0.2, 0.25) is 5.95 Å². The number of dihydropyridines is 1. The lowest BCUT2D eigenvalue weighted by Crippen LogP contribution is -2.44. The van der Waals surface area contributed by atoms with Gasteiger partial charge < -0.3 is 26.0 Å². The first-order chi connectivity index (χ1) is 19.2. The second-order valence-electron chi connectivity index (χ2n) is 11.1. The van der Waals surface area contributed by atoms with E-state index in [9.17, 15) is 4.79 Å². The van der Waals surface area contributed by atoms with Crippen molar-refractivity contribution in [3.8, 4) is 0 Å². The maximum atomic E-state index is 12.9. The SMILES string of the molecule is COCCn1cc(Nc2ncc3c(n2)N(C)NC3NC2=CC(C(=O)NCCN3CCCC3(C)C)=CNC2C)cn1. The summed E-state index contributed by atoms with van der Waals surface area (Å²) in [6.07, 6.45) is 11.3. The molecule has 5 N–H and O–H groups in total. The third kappa shape index (κ3) is 6.21. The highest BCUT2D eigenvalue weighted by Crippen LogP contribution is 2.31. The van der Waals surface area contributed by atoms with E-state index in [1.54, 1.807) is 30.4 Å². The molecule has 13 nitrogen and oxygen atoms in total. The van der Waals surface area contributed by atoms with Gasteiger partial charge >= 0.3 is 0 Å². The van der Waals surface area contributed by atoms with Crippen molar-refractivity contribution >= 4 is 23.4 Å². The summed E-state index contributed by atoms with van der Waals surface area (Å²) in [5, 5.41) is 19.3. The summed E-state index contributed by atoms with van der Waals surface area (Å²) in [7, 11) is 3.58. The van der Waals surface area contributed by atoms with Crippen LogP contribution in [0.1, 0.15) is 45.3 Å². The molecule has 2 aromatic heterocycles. The number of fused-ring (bicyclic) bond motifs is 1. The number of hydrogen-bond acceptors (Lipinski definition) is 11. The fourth-order valence-electron chi connectivity index (χ4n) is 5.30. The van der Waals surface area contributed by atoms with Gasteiger partial charge in [0.1, 0.15) is 6.17 Å². The van der Waals surface area contributed by atoms with Crippen molar-refractivity contribution in [2.75, 3.05) is 50.7 Å². The fraction of sp³-hybridized carbons (Fsp3) is 0.556. The van der Waals surface area contributed by atoms with Crippen molar-refractivity contribution in [3.63, 3.8) is 0 Å². The molecule has 5 rings (SSSR count). The Balaban J connectivity index is 1.20. The predicted molar refractivity (Wildman–Crippen MR) is 153 cm³/mol. The first-order valence-corrected chi connectivity index (χ1v) is 13.9. The van der Waals surface area contributed by atoms with Crippen molar-refractivity contribution in [2.45, 2.75) is 57.9 Å². The number of anilines is 3. The quantitative estimate of drug-likeness (QED) is 0.277. The minimum absolute atomic E-state index is 0.00890. The van der Waals surface area contributed by atoms with Crippen LogP contribution in [-0.4, -0.2) is 82.5 Å². The van der Waals surface area contributed by atoms with Crippen LogP contribution in [0, 0.1) is 0 Å². The van der Waals surface area contributed by atoms with Crippen molar-refractivity contribution < 1.29 is 9.53 Å². The average Bonchev–Trinajstić information content (AvgIpc) is 3.61. The van der Waals surface area contributed by atoms with E-state index >= 15 is 0 Å². The van der Waals surface area contributed by atoms with Crippen molar-refractivity contribution in [1.82, 2.24) is 46.0 Å². The Bertz CT molecular complexity index is 1270. The van der Waals surface area contributed by atoms with Gasteiger partial charge in [-0.05, 0) is 46.2 Å². The second-order valence-corrected chi connectivity index (χ2v) is 11.1. The van der Waals surface area contributed by atoms with Crippen LogP contribution in [0.5, 0.6) is 0 Å². The number of ether oxygens (including phenoxy) is 1. The first kappa shape index (κ1) is 27.9. The lowest BCUT2D eigenvalue weighted by atomic mass is 10.0. The molecule has 216 valence electrons. The lowest BCUT2D eigenvalue weighted by molar-refractivity contribution is -0.117. The molecule has 0 aliphatic carbocycles. The van der Waals surface area contributed by atoms with Crippen LogP contribution in [0.2, 0.25) is 0 Å². The van der Waals surface area contributed by atoms with E-state index in [0.717, 1.165) is 35.9 Å². The van der Waals surface area contributed by atoms with Gasteiger partial charge in [-0.15, -0.1) is 0 Å². The Kier molecular flexibility index (Phi) is 8.24. The maximum Gasteiger partial charge on any atom is 0.252 e. The zero-order valence-electron chi connectivity index (χ0n) is 24.0. The van der Waals surface area contributed by atoms with E-state index in [1.807, 2.05) is 24.3 Å². The van der Waals surface area contributed by atoms with Crippen LogP contribution in [0.15, 0.2) is 42.1 Å². The molecule has 5 heterocycles. The van der Waals surface area contributed by atoms with Crippen molar-refractivity contribution in [1.29, 1.82) is 0 Å². The molecular formula is C27H41N11O2. The molecule has 2 atom stereocenters. The molecule has 0 spiro atoms. The monoisotopic (exact) mass is 551 g/mol. The smallest absolute Gasteiger partial charge is 0.252 e. The third-order valence-electron chi connectivity index (χ3n) is 7.74. The van der Waals surface area contributed by atoms with E-state index in [4.69, 9.17) is 9.72 Å². The number of hydrogen-bond donors (Lipinski definition) is 5. The molecule has 40 heavy (non-hydrogen) atoms. The Morgan fingerprint density at radius 2 is 2.12 bits per heavy atom. The molecule has 2 aromatic rings. The zero-order chi connectivity index (χ0) is 28.3. The van der Waals surface area contributed by atoms with Gasteiger partial charge in [-0.2, -0.15) is 10.1 Å². The molecule has 2 unspecified atom stereocenters. The summed E-state index contributed by atoms with van der Waals surface area (Å²) < 4.78 is 6.91. The Morgan fingerprint density at radius 1 is 1.27 bits per heavy atom. The van der Waals surface area contributed by atoms with Gasteiger partial charge in [0, 0.05) is 57.1 Å². The second kappa shape index (κ2) is 11.8. The third-order valence-corrected chi connectivity index (χ3v) is 7.74. The number of aromatic nitrogens is 4. The lowest BCUT2D eigenvalue weighted by Gasteiger charge is -2.31. The van der Waals surface area contributed by atoms with Crippen LogP contribution in [-0.2, 0) is 16.1 Å². The van der Waals surface area contributed by atoms with Gasteiger partial charge in [-0.1, -0.05) is 0 Å². The van der Waals surface area contributed by atoms with Gasteiger partial charge in [0.25, 0.3) is 5.91 Å². The molecule has 13 heteroatoms. The number of likely N-dealkylation sites (tertiary alicyclic amines) is 1. The highest BCUT2D eigenvalue weighted by Gasteiger charge is 2.32. The van der Waals surface area contributed by atoms with Gasteiger partial charge in [-0.25, -0.2) is 10.4 Å². The number of carbonyl (C=O) groups excluding carboxylic acids is 1. The van der Waals surface area contributed by atoms with Crippen LogP contribution in [0.3, 0.4) is 0 Å². The van der Waals surface area contributed by atoms with Crippen molar-refractivity contribution in [2.24, 2.45) is 0 Å². The first-order valence-electron chi connectivity index (χ1n) is 13.9. The summed E-state index contributed by atoms with van der Waals surface area (Å²) in [6.45, 7) is 10.4. The summed E-state index contributed by atoms with van der Waals surface area (Å²) in [4.78, 5) is 24.6. The predicted octanol–water partition coefficient (Wildman–Crippen LogP) is 1.36. The molecule has 0 radical (unpaired) electrons. The van der Waals surface area contributed by atoms with Crippen LogP contribution >= 0.6 is 0 Å². The summed E-state index contributed by atoms with van der Waals surface area (Å²) >= 11 is 0. The minimum atomic E-state index is -0.249. The number of nitrogens with one attached hydrogen (secondary N) is 5. The Hall–Kier alpha value is -3.68. The molecule has 3 aliphatic rings. The average molecular weight is 552 g/mol. The number of rotatable bonds is 11. The van der Waals surface area contributed by atoms with Crippen LogP contribution in [0.25, 0.3) is 0 Å². The van der Waals surface area contributed by atoms with E-state index in [0.29, 0.717) is 31.2 Å². The molecule has 0 aromatic carbocycles. The highest BCUT2D eigenvalue weighted by molar-refractivity contribution is 5.96. The summed E-state index contributed by atoms with van der Waals surface area (Å²) in [6, 6.07) is 0.00890. The largest absolute Gasteiger partial charge is 0.383 e. The number of nitrogens with zero attached hydrogens (tertiary/aromatic N) is 6. The maximum absolute atomic E-state index is 12.9. The number of carbonyl (C=O) groups is 1. The molecule has 0 bridgehead atoms. The Labute approximate surface area is 235 Å². The molecule has 0 saturated carbocycles.